The van der Waals surface area contributed by atoms with Gasteiger partial charge in [0.25, 0.3) is 0 Å². The summed E-state index contributed by atoms with van der Waals surface area (Å²) in [7, 11) is 1.99. The van der Waals surface area contributed by atoms with Gasteiger partial charge in [-0.05, 0) is 37.7 Å². The third-order valence-electron chi connectivity index (χ3n) is 4.41. The predicted octanol–water partition coefficient (Wildman–Crippen LogP) is 3.31. The van der Waals surface area contributed by atoms with E-state index >= 15 is 0 Å². The highest BCUT2D eigenvalue weighted by molar-refractivity contribution is 5.82. The standard InChI is InChI=1S/C16H26N2O/c1-4-6-12-7-8-16(19)13(9-12)10-15-11-14(5-2)17-18(15)3/h11-13H,4-10H2,1-3H3. The Hall–Kier alpha value is -1.12. The number of nitrogens with zero attached hydrogens (tertiary/aromatic N) is 2. The van der Waals surface area contributed by atoms with Crippen molar-refractivity contribution in [1.82, 2.24) is 9.78 Å². The number of carbonyl (C=O) groups is 1. The van der Waals surface area contributed by atoms with Crippen LogP contribution in [0.25, 0.3) is 0 Å². The van der Waals surface area contributed by atoms with Crippen LogP contribution in [0.1, 0.15) is 57.3 Å². The summed E-state index contributed by atoms with van der Waals surface area (Å²) in [4.78, 5) is 12.1. The Balaban J connectivity index is 2.03. The number of Topliss-reactive ketones (excluding diaryl/α,β-unsaturated/α-hetero) is 1. The Kier molecular flexibility index (Phi) is 4.78. The van der Waals surface area contributed by atoms with Crippen molar-refractivity contribution in [3.63, 3.8) is 0 Å². The molecule has 0 N–H and O–H groups in total. The van der Waals surface area contributed by atoms with Gasteiger partial charge in [-0.25, -0.2) is 0 Å². The molecule has 1 aromatic rings. The van der Waals surface area contributed by atoms with Crippen LogP contribution in [0, 0.1) is 11.8 Å². The van der Waals surface area contributed by atoms with Gasteiger partial charge in [-0.1, -0.05) is 26.7 Å². The fourth-order valence-electron chi connectivity index (χ4n) is 3.26. The lowest BCUT2D eigenvalue weighted by molar-refractivity contribution is -0.125. The monoisotopic (exact) mass is 262 g/mol. The van der Waals surface area contributed by atoms with Crippen LogP contribution in [0.4, 0.5) is 0 Å². The average Bonchev–Trinajstić information content (AvgIpc) is 2.75. The van der Waals surface area contributed by atoms with E-state index in [9.17, 15) is 4.79 Å². The minimum absolute atomic E-state index is 0.227. The second-order valence-electron chi connectivity index (χ2n) is 5.90. The number of hydrogen-bond acceptors (Lipinski definition) is 2. The number of aromatic nitrogens is 2. The maximum Gasteiger partial charge on any atom is 0.136 e. The Labute approximate surface area is 116 Å². The summed E-state index contributed by atoms with van der Waals surface area (Å²) in [5.74, 6) is 1.45. The SMILES string of the molecule is CCCC1CCC(=O)C(Cc2cc(CC)nn2C)C1. The molecular weight excluding hydrogens is 236 g/mol. The van der Waals surface area contributed by atoms with E-state index in [4.69, 9.17) is 0 Å². The Bertz CT molecular complexity index is 436. The summed E-state index contributed by atoms with van der Waals surface area (Å²) in [6, 6.07) is 2.16. The lowest BCUT2D eigenvalue weighted by atomic mass is 9.77. The molecular formula is C16H26N2O. The van der Waals surface area contributed by atoms with Gasteiger partial charge in [0.1, 0.15) is 5.78 Å². The molecule has 2 unspecified atom stereocenters. The van der Waals surface area contributed by atoms with Gasteiger partial charge in [0.05, 0.1) is 5.69 Å². The second-order valence-corrected chi connectivity index (χ2v) is 5.90. The third kappa shape index (κ3) is 3.46. The van der Waals surface area contributed by atoms with Crippen molar-refractivity contribution in [2.75, 3.05) is 0 Å². The van der Waals surface area contributed by atoms with Crippen LogP contribution in [0.5, 0.6) is 0 Å². The van der Waals surface area contributed by atoms with Gasteiger partial charge >= 0.3 is 0 Å². The fourth-order valence-corrected chi connectivity index (χ4v) is 3.26. The fraction of sp³-hybridized carbons (Fsp3) is 0.750. The van der Waals surface area contributed by atoms with E-state index in [1.165, 1.54) is 18.5 Å². The first-order valence-corrected chi connectivity index (χ1v) is 7.68. The van der Waals surface area contributed by atoms with E-state index in [2.05, 4.69) is 25.0 Å². The molecule has 19 heavy (non-hydrogen) atoms. The Morgan fingerprint density at radius 3 is 2.84 bits per heavy atom. The van der Waals surface area contributed by atoms with E-state index in [0.29, 0.717) is 5.78 Å². The molecule has 1 aliphatic carbocycles. The highest BCUT2D eigenvalue weighted by Gasteiger charge is 2.29. The number of carbonyl (C=O) groups excluding carboxylic acids is 1. The number of ketones is 1. The molecule has 0 saturated heterocycles. The van der Waals surface area contributed by atoms with Gasteiger partial charge in [-0.3, -0.25) is 9.48 Å². The lowest BCUT2D eigenvalue weighted by Crippen LogP contribution is -2.27. The molecule has 2 atom stereocenters. The summed E-state index contributed by atoms with van der Waals surface area (Å²) in [6.07, 6.45) is 7.32. The second kappa shape index (κ2) is 6.36. The zero-order valence-electron chi connectivity index (χ0n) is 12.5. The molecule has 106 valence electrons. The highest BCUT2D eigenvalue weighted by Crippen LogP contribution is 2.31. The van der Waals surface area contributed by atoms with Crippen LogP contribution in [0.2, 0.25) is 0 Å². The molecule has 0 aliphatic heterocycles. The summed E-state index contributed by atoms with van der Waals surface area (Å²) in [6.45, 7) is 4.36. The normalized spacial score (nSPS) is 23.8. The van der Waals surface area contributed by atoms with E-state index in [-0.39, 0.29) is 5.92 Å². The zero-order chi connectivity index (χ0) is 13.8. The summed E-state index contributed by atoms with van der Waals surface area (Å²) in [5.41, 5.74) is 2.35. The topological polar surface area (TPSA) is 34.9 Å². The largest absolute Gasteiger partial charge is 0.299 e. The van der Waals surface area contributed by atoms with Crippen molar-refractivity contribution >= 4 is 5.78 Å². The van der Waals surface area contributed by atoms with Crippen molar-refractivity contribution in [2.45, 2.75) is 58.8 Å². The van der Waals surface area contributed by atoms with Gasteiger partial charge in [0, 0.05) is 25.1 Å². The van der Waals surface area contributed by atoms with Gasteiger partial charge in [0.2, 0.25) is 0 Å². The molecule has 3 heteroatoms. The van der Waals surface area contributed by atoms with E-state index in [1.54, 1.807) is 0 Å². The minimum atomic E-state index is 0.227. The Morgan fingerprint density at radius 1 is 1.42 bits per heavy atom. The van der Waals surface area contributed by atoms with Gasteiger partial charge < -0.3 is 0 Å². The van der Waals surface area contributed by atoms with Gasteiger partial charge in [0.15, 0.2) is 0 Å². The van der Waals surface area contributed by atoms with Crippen molar-refractivity contribution in [3.8, 4) is 0 Å². The molecule has 2 rings (SSSR count). The predicted molar refractivity (Wildman–Crippen MR) is 77.0 cm³/mol. The average molecular weight is 262 g/mol. The Morgan fingerprint density at radius 2 is 2.21 bits per heavy atom. The molecule has 1 aliphatic rings. The van der Waals surface area contributed by atoms with E-state index < -0.39 is 0 Å². The van der Waals surface area contributed by atoms with Crippen molar-refractivity contribution in [1.29, 1.82) is 0 Å². The van der Waals surface area contributed by atoms with Gasteiger partial charge in [-0.2, -0.15) is 5.10 Å². The molecule has 1 saturated carbocycles. The molecule has 1 heterocycles. The van der Waals surface area contributed by atoms with E-state index in [1.807, 2.05) is 11.7 Å². The molecule has 0 spiro atoms. The van der Waals surface area contributed by atoms with E-state index in [0.717, 1.165) is 43.7 Å². The van der Waals surface area contributed by atoms with Crippen LogP contribution in [0.15, 0.2) is 6.07 Å². The first-order chi connectivity index (χ1) is 9.13. The number of rotatable bonds is 5. The molecule has 1 aromatic heterocycles. The molecule has 0 amide bonds. The molecule has 0 bridgehead atoms. The number of aryl methyl sites for hydroxylation is 2. The first kappa shape index (κ1) is 14.3. The molecule has 0 aromatic carbocycles. The summed E-state index contributed by atoms with van der Waals surface area (Å²) < 4.78 is 1.95. The smallest absolute Gasteiger partial charge is 0.136 e. The maximum atomic E-state index is 12.1. The zero-order valence-corrected chi connectivity index (χ0v) is 12.5. The van der Waals surface area contributed by atoms with Gasteiger partial charge in [-0.15, -0.1) is 0 Å². The van der Waals surface area contributed by atoms with Crippen LogP contribution >= 0.6 is 0 Å². The van der Waals surface area contributed by atoms with Crippen LogP contribution in [-0.4, -0.2) is 15.6 Å². The quantitative estimate of drug-likeness (QED) is 0.816. The van der Waals surface area contributed by atoms with Crippen LogP contribution < -0.4 is 0 Å². The maximum absolute atomic E-state index is 12.1. The molecule has 3 nitrogen and oxygen atoms in total. The van der Waals surface area contributed by atoms with Crippen LogP contribution in [0.3, 0.4) is 0 Å². The summed E-state index contributed by atoms with van der Waals surface area (Å²) in [5, 5.41) is 4.48. The van der Waals surface area contributed by atoms with Crippen molar-refractivity contribution in [3.05, 3.63) is 17.5 Å². The van der Waals surface area contributed by atoms with Crippen LogP contribution in [-0.2, 0) is 24.7 Å². The minimum Gasteiger partial charge on any atom is -0.299 e. The number of hydrogen-bond donors (Lipinski definition) is 0. The molecule has 1 fully saturated rings. The molecule has 0 radical (unpaired) electrons. The highest BCUT2D eigenvalue weighted by atomic mass is 16.1. The first-order valence-electron chi connectivity index (χ1n) is 7.68. The third-order valence-corrected chi connectivity index (χ3v) is 4.41. The lowest BCUT2D eigenvalue weighted by Gasteiger charge is -2.27. The summed E-state index contributed by atoms with van der Waals surface area (Å²) >= 11 is 0. The van der Waals surface area contributed by atoms with Crippen molar-refractivity contribution < 1.29 is 4.79 Å². The van der Waals surface area contributed by atoms with Crippen molar-refractivity contribution in [2.24, 2.45) is 18.9 Å².